The zero-order valence-electron chi connectivity index (χ0n) is 15.6. The molecule has 0 spiro atoms. The molecule has 144 valence electrons. The first-order valence-electron chi connectivity index (χ1n) is 9.24. The first-order valence-corrected chi connectivity index (χ1v) is 9.24. The molecule has 0 atom stereocenters. The molecule has 0 aromatic carbocycles. The van der Waals surface area contributed by atoms with Crippen molar-refractivity contribution in [3.63, 3.8) is 0 Å². The van der Waals surface area contributed by atoms with Gasteiger partial charge in [0.15, 0.2) is 0 Å². The molecule has 1 saturated carbocycles. The van der Waals surface area contributed by atoms with Gasteiger partial charge in [-0.05, 0) is 43.4 Å². The van der Waals surface area contributed by atoms with Crippen molar-refractivity contribution in [2.24, 2.45) is 0 Å². The van der Waals surface area contributed by atoms with Gasteiger partial charge >= 0.3 is 0 Å². The molecule has 1 aliphatic rings. The molecule has 2 heterocycles. The quantitative estimate of drug-likeness (QED) is 0.723. The second-order valence-electron chi connectivity index (χ2n) is 6.63. The number of pyridine rings is 1. The van der Waals surface area contributed by atoms with Gasteiger partial charge < -0.3 is 14.8 Å². The Balaban J connectivity index is 1.60. The Morgan fingerprint density at radius 1 is 1.33 bits per heavy atom. The van der Waals surface area contributed by atoms with Crippen molar-refractivity contribution >= 4 is 12.0 Å². The van der Waals surface area contributed by atoms with Crippen LogP contribution in [0.3, 0.4) is 0 Å². The second kappa shape index (κ2) is 9.43. The van der Waals surface area contributed by atoms with Crippen molar-refractivity contribution in [3.05, 3.63) is 48.7 Å². The van der Waals surface area contributed by atoms with Crippen molar-refractivity contribution in [1.29, 1.82) is 0 Å². The normalized spacial score (nSPS) is 19.6. The minimum Gasteiger partial charge on any atom is -0.382 e. The molecular formula is C20H26N4O3. The summed E-state index contributed by atoms with van der Waals surface area (Å²) in [4.78, 5) is 21.2. The van der Waals surface area contributed by atoms with E-state index in [1.807, 2.05) is 6.07 Å². The third-order valence-corrected chi connectivity index (χ3v) is 4.72. The highest BCUT2D eigenvalue weighted by Gasteiger charge is 2.23. The minimum atomic E-state index is -0.163. The summed E-state index contributed by atoms with van der Waals surface area (Å²) in [5, 5.41) is 3.11. The van der Waals surface area contributed by atoms with Gasteiger partial charge in [0, 0.05) is 25.5 Å². The number of hydrogen-bond donors (Lipinski definition) is 1. The van der Waals surface area contributed by atoms with Crippen LogP contribution < -0.4 is 5.32 Å². The van der Waals surface area contributed by atoms with Crippen LogP contribution in [0.4, 0.5) is 0 Å². The number of carbonyl (C=O) groups excluding carboxylic acids is 1. The van der Waals surface area contributed by atoms with Gasteiger partial charge in [-0.2, -0.15) is 0 Å². The minimum absolute atomic E-state index is 0.144. The van der Waals surface area contributed by atoms with Gasteiger partial charge in [0.2, 0.25) is 0 Å². The van der Waals surface area contributed by atoms with Crippen LogP contribution in [-0.2, 0) is 9.47 Å². The highest BCUT2D eigenvalue weighted by Crippen LogP contribution is 2.22. The number of amides is 1. The molecule has 0 bridgehead atoms. The number of methoxy groups -OCH3 is 1. The highest BCUT2D eigenvalue weighted by atomic mass is 16.5. The van der Waals surface area contributed by atoms with E-state index in [4.69, 9.17) is 9.47 Å². The van der Waals surface area contributed by atoms with Crippen LogP contribution in [-0.4, -0.2) is 52.9 Å². The van der Waals surface area contributed by atoms with Gasteiger partial charge in [0.1, 0.15) is 17.8 Å². The maximum Gasteiger partial charge on any atom is 0.270 e. The molecule has 2 aromatic heterocycles. The SMILES string of the molecule is C=Cc1cc(C(=O)N[C@H]2CC[C@H](OCCOC)CC2)nc(-n2ccnc2)c1. The Bertz CT molecular complexity index is 753. The number of rotatable bonds is 8. The van der Waals surface area contributed by atoms with Crippen LogP contribution in [0, 0.1) is 0 Å². The van der Waals surface area contributed by atoms with Gasteiger partial charge in [-0.1, -0.05) is 12.7 Å². The van der Waals surface area contributed by atoms with E-state index in [1.54, 1.807) is 42.5 Å². The Morgan fingerprint density at radius 2 is 2.15 bits per heavy atom. The van der Waals surface area contributed by atoms with E-state index in [9.17, 15) is 4.79 Å². The van der Waals surface area contributed by atoms with Crippen LogP contribution in [0.2, 0.25) is 0 Å². The number of imidazole rings is 1. The lowest BCUT2D eigenvalue weighted by Crippen LogP contribution is -2.39. The van der Waals surface area contributed by atoms with E-state index < -0.39 is 0 Å². The summed E-state index contributed by atoms with van der Waals surface area (Å²) in [5.41, 5.74) is 1.23. The Hall–Kier alpha value is -2.51. The standard InChI is InChI=1S/C20H26N4O3/c1-3-15-12-18(23-19(13-15)24-9-8-21-14-24)20(25)22-16-4-6-17(7-5-16)27-11-10-26-2/h3,8-9,12-14,16-17H,1,4-7,10-11H2,2H3,(H,22,25)/t16-,17-. The molecule has 3 rings (SSSR count). The average Bonchev–Trinajstić information content (AvgIpc) is 3.24. The number of ether oxygens (including phenoxy) is 2. The van der Waals surface area contributed by atoms with Gasteiger partial charge in [-0.25, -0.2) is 9.97 Å². The second-order valence-corrected chi connectivity index (χ2v) is 6.63. The van der Waals surface area contributed by atoms with Crippen molar-refractivity contribution in [1.82, 2.24) is 19.9 Å². The van der Waals surface area contributed by atoms with Crippen LogP contribution in [0.1, 0.15) is 41.7 Å². The lowest BCUT2D eigenvalue weighted by molar-refractivity contribution is -0.00409. The van der Waals surface area contributed by atoms with Crippen molar-refractivity contribution < 1.29 is 14.3 Å². The predicted molar refractivity (Wildman–Crippen MR) is 103 cm³/mol. The van der Waals surface area contributed by atoms with Crippen LogP contribution >= 0.6 is 0 Å². The van der Waals surface area contributed by atoms with Crippen LogP contribution in [0.5, 0.6) is 0 Å². The van der Waals surface area contributed by atoms with Crippen molar-refractivity contribution in [2.75, 3.05) is 20.3 Å². The molecule has 7 heteroatoms. The van der Waals surface area contributed by atoms with Gasteiger partial charge in [0.25, 0.3) is 5.91 Å². The van der Waals surface area contributed by atoms with Crippen LogP contribution in [0.25, 0.3) is 11.9 Å². The summed E-state index contributed by atoms with van der Waals surface area (Å²) in [6.45, 7) is 5.03. The third-order valence-electron chi connectivity index (χ3n) is 4.72. The van der Waals surface area contributed by atoms with E-state index in [-0.39, 0.29) is 18.1 Å². The molecule has 1 fully saturated rings. The van der Waals surface area contributed by atoms with Crippen molar-refractivity contribution in [2.45, 2.75) is 37.8 Å². The summed E-state index contributed by atoms with van der Waals surface area (Å²) in [5.74, 6) is 0.481. The number of nitrogens with one attached hydrogen (secondary N) is 1. The zero-order valence-corrected chi connectivity index (χ0v) is 15.6. The Labute approximate surface area is 159 Å². The largest absolute Gasteiger partial charge is 0.382 e. The summed E-state index contributed by atoms with van der Waals surface area (Å²) in [6.07, 6.45) is 10.8. The van der Waals surface area contributed by atoms with Gasteiger partial charge in [-0.3, -0.25) is 9.36 Å². The van der Waals surface area contributed by atoms with E-state index in [0.717, 1.165) is 31.2 Å². The predicted octanol–water partition coefficient (Wildman–Crippen LogP) is 2.61. The Kier molecular flexibility index (Phi) is 6.73. The molecule has 27 heavy (non-hydrogen) atoms. The molecule has 1 N–H and O–H groups in total. The molecule has 1 aliphatic carbocycles. The average molecular weight is 370 g/mol. The number of hydrogen-bond acceptors (Lipinski definition) is 5. The molecule has 0 saturated heterocycles. The van der Waals surface area contributed by atoms with Gasteiger partial charge in [-0.15, -0.1) is 0 Å². The van der Waals surface area contributed by atoms with Crippen molar-refractivity contribution in [3.8, 4) is 5.82 Å². The van der Waals surface area contributed by atoms with E-state index in [0.29, 0.717) is 24.7 Å². The first-order chi connectivity index (χ1) is 13.2. The first kappa shape index (κ1) is 19.3. The molecule has 7 nitrogen and oxygen atoms in total. The lowest BCUT2D eigenvalue weighted by atomic mass is 9.93. The molecule has 0 aliphatic heterocycles. The third kappa shape index (κ3) is 5.24. The van der Waals surface area contributed by atoms with E-state index >= 15 is 0 Å². The maximum absolute atomic E-state index is 12.7. The fourth-order valence-corrected chi connectivity index (χ4v) is 3.23. The topological polar surface area (TPSA) is 78.3 Å². The fourth-order valence-electron chi connectivity index (χ4n) is 3.23. The smallest absolute Gasteiger partial charge is 0.270 e. The monoisotopic (exact) mass is 370 g/mol. The molecule has 0 unspecified atom stereocenters. The zero-order chi connectivity index (χ0) is 19.1. The molecular weight excluding hydrogens is 344 g/mol. The molecule has 2 aromatic rings. The lowest BCUT2D eigenvalue weighted by Gasteiger charge is -2.29. The molecule has 0 radical (unpaired) electrons. The molecule has 1 amide bonds. The number of aromatic nitrogens is 3. The fraction of sp³-hybridized carbons (Fsp3) is 0.450. The van der Waals surface area contributed by atoms with E-state index in [1.165, 1.54) is 0 Å². The summed E-state index contributed by atoms with van der Waals surface area (Å²) in [6, 6.07) is 3.77. The van der Waals surface area contributed by atoms with Gasteiger partial charge in [0.05, 0.1) is 19.3 Å². The summed E-state index contributed by atoms with van der Waals surface area (Å²) >= 11 is 0. The highest BCUT2D eigenvalue weighted by molar-refractivity contribution is 5.93. The Morgan fingerprint density at radius 3 is 2.81 bits per heavy atom. The summed E-state index contributed by atoms with van der Waals surface area (Å²) in [7, 11) is 1.67. The maximum atomic E-state index is 12.7. The number of nitrogens with zero attached hydrogens (tertiary/aromatic N) is 3. The number of carbonyl (C=O) groups is 1. The summed E-state index contributed by atoms with van der Waals surface area (Å²) < 4.78 is 12.6. The van der Waals surface area contributed by atoms with E-state index in [2.05, 4.69) is 21.9 Å². The van der Waals surface area contributed by atoms with Crippen LogP contribution in [0.15, 0.2) is 37.4 Å².